The Kier molecular flexibility index (Phi) is 3.54. The minimum absolute atomic E-state index is 0.708. The second-order valence-electron chi connectivity index (χ2n) is 1.85. The molecule has 0 atom stereocenters. The summed E-state index contributed by atoms with van der Waals surface area (Å²) in [5, 5.41) is 5.93. The van der Waals surface area contributed by atoms with Crippen LogP contribution in [0.3, 0.4) is 0 Å². The van der Waals surface area contributed by atoms with E-state index < -0.39 is 0 Å². The highest BCUT2D eigenvalue weighted by Crippen LogP contribution is 2.19. The Balaban J connectivity index is 2.45. The van der Waals surface area contributed by atoms with Gasteiger partial charge in [-0.25, -0.2) is 4.98 Å². The molecule has 0 bridgehead atoms. The van der Waals surface area contributed by atoms with Gasteiger partial charge in [0, 0.05) is 16.4 Å². The molecule has 1 heterocycles. The molecule has 0 aliphatic heterocycles. The van der Waals surface area contributed by atoms with Crippen LogP contribution in [0.5, 0.6) is 0 Å². The molecule has 1 rings (SSSR count). The molecule has 0 aliphatic carbocycles. The first-order chi connectivity index (χ1) is 5.18. The Morgan fingerprint density at radius 2 is 2.55 bits per heavy atom. The van der Waals surface area contributed by atoms with E-state index in [4.69, 9.17) is 0 Å². The van der Waals surface area contributed by atoms with E-state index in [1.165, 1.54) is 0 Å². The molecule has 0 amide bonds. The largest absolute Gasteiger partial charge is 0.357 e. The van der Waals surface area contributed by atoms with Crippen LogP contribution in [0.1, 0.15) is 0 Å². The average Bonchev–Trinajstić information content (AvgIpc) is 2.31. The minimum atomic E-state index is 0.708. The predicted molar refractivity (Wildman–Crippen MR) is 56.4 cm³/mol. The molecule has 0 saturated heterocycles. The van der Waals surface area contributed by atoms with Gasteiger partial charge in [0.25, 0.3) is 0 Å². The summed E-state index contributed by atoms with van der Waals surface area (Å²) in [6, 6.07) is 0. The van der Waals surface area contributed by atoms with E-state index in [9.17, 15) is 0 Å². The first-order valence-corrected chi connectivity index (χ1v) is 5.33. The number of thiazole rings is 1. The second-order valence-corrected chi connectivity index (χ2v) is 4.64. The summed E-state index contributed by atoms with van der Waals surface area (Å²) in [5.41, 5.74) is 0. The zero-order valence-electron chi connectivity index (χ0n) is 5.60. The fourth-order valence-electron chi connectivity index (χ4n) is 0.507. The van der Waals surface area contributed by atoms with Gasteiger partial charge >= 0.3 is 0 Å². The number of rotatable bonds is 3. The number of halogens is 2. The molecule has 1 N–H and O–H groups in total. The number of aromatic nitrogens is 1. The topological polar surface area (TPSA) is 24.9 Å². The predicted octanol–water partition coefficient (Wildman–Crippen LogP) is 3.23. The third kappa shape index (κ3) is 3.35. The molecule has 5 heteroatoms. The molecule has 60 valence electrons. The molecule has 0 aromatic carbocycles. The molecular weight excluding hydrogens is 292 g/mol. The summed E-state index contributed by atoms with van der Waals surface area (Å²) in [6.07, 6.45) is 0. The van der Waals surface area contributed by atoms with Gasteiger partial charge in [-0.15, -0.1) is 11.3 Å². The Bertz CT molecular complexity index is 259. The van der Waals surface area contributed by atoms with Crippen LogP contribution in [0, 0.1) is 0 Å². The van der Waals surface area contributed by atoms with Crippen molar-refractivity contribution in [2.45, 2.75) is 0 Å². The highest BCUT2D eigenvalue weighted by molar-refractivity contribution is 9.11. The van der Waals surface area contributed by atoms with E-state index in [0.29, 0.717) is 6.54 Å². The van der Waals surface area contributed by atoms with Gasteiger partial charge in [-0.1, -0.05) is 22.5 Å². The van der Waals surface area contributed by atoms with Gasteiger partial charge < -0.3 is 5.32 Å². The molecule has 0 fully saturated rings. The summed E-state index contributed by atoms with van der Waals surface area (Å²) in [6.45, 7) is 4.40. The fraction of sp³-hybridized carbons (Fsp3) is 0.167. The molecule has 11 heavy (non-hydrogen) atoms. The Morgan fingerprint density at radius 1 is 1.82 bits per heavy atom. The van der Waals surface area contributed by atoms with Crippen molar-refractivity contribution in [1.82, 2.24) is 4.98 Å². The Hall–Kier alpha value is 0.130. The van der Waals surface area contributed by atoms with Crippen molar-refractivity contribution in [3.05, 3.63) is 21.0 Å². The Morgan fingerprint density at radius 3 is 3.00 bits per heavy atom. The summed E-state index contributed by atoms with van der Waals surface area (Å²) in [7, 11) is 0. The number of hydrogen-bond donors (Lipinski definition) is 1. The maximum atomic E-state index is 4.14. The van der Waals surface area contributed by atoms with Crippen LogP contribution in [0.2, 0.25) is 0 Å². The molecule has 0 saturated carbocycles. The van der Waals surface area contributed by atoms with Crippen LogP contribution in [0.15, 0.2) is 21.0 Å². The highest BCUT2D eigenvalue weighted by Gasteiger charge is 1.96. The van der Waals surface area contributed by atoms with Gasteiger partial charge in [-0.05, 0) is 15.9 Å². The van der Waals surface area contributed by atoms with Crippen molar-refractivity contribution in [3.63, 3.8) is 0 Å². The van der Waals surface area contributed by atoms with Gasteiger partial charge in [0.2, 0.25) is 0 Å². The SMILES string of the molecule is C=C(Br)CNc1nc(Br)cs1. The molecule has 1 aromatic heterocycles. The molecule has 1 aromatic rings. The van der Waals surface area contributed by atoms with Gasteiger partial charge in [0.15, 0.2) is 5.13 Å². The first kappa shape index (κ1) is 9.22. The van der Waals surface area contributed by atoms with E-state index in [1.54, 1.807) is 11.3 Å². The number of nitrogens with one attached hydrogen (secondary N) is 1. The van der Waals surface area contributed by atoms with Crippen LogP contribution in [0.4, 0.5) is 5.13 Å². The molecule has 0 unspecified atom stereocenters. The van der Waals surface area contributed by atoms with E-state index in [0.717, 1.165) is 14.2 Å². The van der Waals surface area contributed by atoms with Crippen molar-refractivity contribution in [2.24, 2.45) is 0 Å². The lowest BCUT2D eigenvalue weighted by Gasteiger charge is -1.97. The molecule has 0 spiro atoms. The zero-order chi connectivity index (χ0) is 8.27. The molecule has 0 aliphatic rings. The lowest BCUT2D eigenvalue weighted by molar-refractivity contribution is 1.26. The highest BCUT2D eigenvalue weighted by atomic mass is 79.9. The van der Waals surface area contributed by atoms with Gasteiger partial charge in [-0.3, -0.25) is 0 Å². The summed E-state index contributed by atoms with van der Waals surface area (Å²) in [4.78, 5) is 4.14. The van der Waals surface area contributed by atoms with Crippen molar-refractivity contribution < 1.29 is 0 Å². The smallest absolute Gasteiger partial charge is 0.184 e. The third-order valence-electron chi connectivity index (χ3n) is 0.908. The van der Waals surface area contributed by atoms with Crippen molar-refractivity contribution in [1.29, 1.82) is 0 Å². The Labute approximate surface area is 86.0 Å². The van der Waals surface area contributed by atoms with Crippen LogP contribution in [0.25, 0.3) is 0 Å². The van der Waals surface area contributed by atoms with Crippen molar-refractivity contribution >= 4 is 48.3 Å². The monoisotopic (exact) mass is 296 g/mol. The van der Waals surface area contributed by atoms with E-state index in [2.05, 4.69) is 48.7 Å². The summed E-state index contributed by atoms with van der Waals surface area (Å²) < 4.78 is 1.79. The average molecular weight is 298 g/mol. The minimum Gasteiger partial charge on any atom is -0.357 e. The first-order valence-electron chi connectivity index (χ1n) is 2.86. The van der Waals surface area contributed by atoms with E-state index in [-0.39, 0.29) is 0 Å². The third-order valence-corrected chi connectivity index (χ3v) is 2.70. The van der Waals surface area contributed by atoms with Crippen molar-refractivity contribution in [3.8, 4) is 0 Å². The number of hydrogen-bond acceptors (Lipinski definition) is 3. The van der Waals surface area contributed by atoms with Gasteiger partial charge in [0.1, 0.15) is 4.60 Å². The van der Waals surface area contributed by atoms with Crippen LogP contribution >= 0.6 is 43.2 Å². The standard InChI is InChI=1S/C6H6Br2N2S/c1-4(7)2-9-6-10-5(8)3-11-6/h3H,1-2H2,(H,9,10). The normalized spacial score (nSPS) is 9.64. The number of nitrogens with zero attached hydrogens (tertiary/aromatic N) is 1. The zero-order valence-corrected chi connectivity index (χ0v) is 9.59. The van der Waals surface area contributed by atoms with Crippen LogP contribution in [-0.2, 0) is 0 Å². The van der Waals surface area contributed by atoms with Crippen LogP contribution in [-0.4, -0.2) is 11.5 Å². The maximum absolute atomic E-state index is 4.14. The molecule has 0 radical (unpaired) electrons. The van der Waals surface area contributed by atoms with Gasteiger partial charge in [-0.2, -0.15) is 0 Å². The lowest BCUT2D eigenvalue weighted by Crippen LogP contribution is -1.99. The fourth-order valence-corrected chi connectivity index (χ4v) is 1.79. The lowest BCUT2D eigenvalue weighted by atomic mass is 10.6. The van der Waals surface area contributed by atoms with E-state index >= 15 is 0 Å². The van der Waals surface area contributed by atoms with Crippen molar-refractivity contribution in [2.75, 3.05) is 11.9 Å². The molecule has 2 nitrogen and oxygen atoms in total. The summed E-state index contributed by atoms with van der Waals surface area (Å²) >= 11 is 8.07. The van der Waals surface area contributed by atoms with Crippen LogP contribution < -0.4 is 5.32 Å². The van der Waals surface area contributed by atoms with Gasteiger partial charge in [0.05, 0.1) is 0 Å². The molecular formula is C6H6Br2N2S. The number of anilines is 1. The quantitative estimate of drug-likeness (QED) is 0.926. The second kappa shape index (κ2) is 4.23. The van der Waals surface area contributed by atoms with E-state index in [1.807, 2.05) is 5.38 Å². The maximum Gasteiger partial charge on any atom is 0.184 e. The summed E-state index contributed by atoms with van der Waals surface area (Å²) in [5.74, 6) is 0.